The molecular weight excluding hydrogens is 198 g/mol. The van der Waals surface area contributed by atoms with Crippen LogP contribution >= 0.6 is 0 Å². The maximum absolute atomic E-state index is 11.8. The number of amides is 3. The third-order valence-corrected chi connectivity index (χ3v) is 2.68. The van der Waals surface area contributed by atoms with Gasteiger partial charge in [0.25, 0.3) is 0 Å². The minimum absolute atomic E-state index is 0.0881. The predicted octanol–water partition coefficient (Wildman–Crippen LogP) is -1.92. The molecule has 0 aromatic carbocycles. The standard InChI is InChI=1S/C9H13N3O3/c13-7-3-6(4-11-7)9(15)12-2-1-10-8(14)5-12/h6H,1-5H2,(H,10,14)(H,11,13). The second-order valence-electron chi connectivity index (χ2n) is 3.81. The highest BCUT2D eigenvalue weighted by Crippen LogP contribution is 2.13. The van der Waals surface area contributed by atoms with E-state index in [1.165, 1.54) is 4.90 Å². The molecule has 2 N–H and O–H groups in total. The first-order valence-electron chi connectivity index (χ1n) is 4.99. The van der Waals surface area contributed by atoms with Crippen LogP contribution in [0.15, 0.2) is 0 Å². The number of carbonyl (C=O) groups excluding carboxylic acids is 3. The molecule has 82 valence electrons. The first-order valence-corrected chi connectivity index (χ1v) is 4.99. The summed E-state index contributed by atoms with van der Waals surface area (Å²) in [7, 11) is 0. The monoisotopic (exact) mass is 211 g/mol. The summed E-state index contributed by atoms with van der Waals surface area (Å²) < 4.78 is 0. The third kappa shape index (κ3) is 2.08. The summed E-state index contributed by atoms with van der Waals surface area (Å²) in [6, 6.07) is 0. The Morgan fingerprint density at radius 3 is 2.67 bits per heavy atom. The van der Waals surface area contributed by atoms with Gasteiger partial charge in [0.2, 0.25) is 17.7 Å². The van der Waals surface area contributed by atoms with Gasteiger partial charge < -0.3 is 15.5 Å². The van der Waals surface area contributed by atoms with Gasteiger partial charge in [-0.25, -0.2) is 0 Å². The SMILES string of the molecule is O=C1CC(C(=O)N2CCNC(=O)C2)CN1. The first kappa shape index (κ1) is 9.95. The molecule has 2 aliphatic rings. The molecule has 3 amide bonds. The van der Waals surface area contributed by atoms with Gasteiger partial charge in [0, 0.05) is 26.1 Å². The Labute approximate surface area is 87.0 Å². The van der Waals surface area contributed by atoms with Crippen molar-refractivity contribution in [2.75, 3.05) is 26.2 Å². The van der Waals surface area contributed by atoms with Gasteiger partial charge >= 0.3 is 0 Å². The summed E-state index contributed by atoms with van der Waals surface area (Å²) in [5, 5.41) is 5.26. The Hall–Kier alpha value is -1.59. The minimum atomic E-state index is -0.289. The van der Waals surface area contributed by atoms with Gasteiger partial charge in [-0.15, -0.1) is 0 Å². The first-order chi connectivity index (χ1) is 7.16. The van der Waals surface area contributed by atoms with E-state index in [0.717, 1.165) is 0 Å². The van der Waals surface area contributed by atoms with Gasteiger partial charge in [-0.2, -0.15) is 0 Å². The van der Waals surface area contributed by atoms with Crippen molar-refractivity contribution in [1.82, 2.24) is 15.5 Å². The van der Waals surface area contributed by atoms with Crippen molar-refractivity contribution in [3.8, 4) is 0 Å². The van der Waals surface area contributed by atoms with E-state index < -0.39 is 0 Å². The largest absolute Gasteiger partial charge is 0.355 e. The number of nitrogens with one attached hydrogen (secondary N) is 2. The fourth-order valence-electron chi connectivity index (χ4n) is 1.86. The lowest BCUT2D eigenvalue weighted by atomic mass is 10.1. The van der Waals surface area contributed by atoms with Crippen molar-refractivity contribution in [2.45, 2.75) is 6.42 Å². The molecule has 1 unspecified atom stereocenters. The molecule has 0 radical (unpaired) electrons. The van der Waals surface area contributed by atoms with Gasteiger partial charge in [0.05, 0.1) is 12.5 Å². The highest BCUT2D eigenvalue weighted by atomic mass is 16.2. The zero-order valence-electron chi connectivity index (χ0n) is 8.28. The molecule has 0 bridgehead atoms. The molecule has 6 heteroatoms. The summed E-state index contributed by atoms with van der Waals surface area (Å²) in [6.07, 6.45) is 0.247. The highest BCUT2D eigenvalue weighted by Gasteiger charge is 2.32. The average Bonchev–Trinajstić information content (AvgIpc) is 2.64. The lowest BCUT2D eigenvalue weighted by molar-refractivity contribution is -0.141. The molecule has 2 rings (SSSR count). The van der Waals surface area contributed by atoms with Gasteiger partial charge in [-0.3, -0.25) is 14.4 Å². The summed E-state index contributed by atoms with van der Waals surface area (Å²) in [4.78, 5) is 35.4. The molecule has 0 saturated carbocycles. The Bertz CT molecular complexity index is 316. The minimum Gasteiger partial charge on any atom is -0.355 e. The van der Waals surface area contributed by atoms with E-state index in [4.69, 9.17) is 0 Å². The second kappa shape index (κ2) is 3.88. The third-order valence-electron chi connectivity index (χ3n) is 2.68. The normalized spacial score (nSPS) is 26.1. The Balaban J connectivity index is 1.95. The quantitative estimate of drug-likeness (QED) is 0.530. The van der Waals surface area contributed by atoms with Gasteiger partial charge in [-0.05, 0) is 0 Å². The topological polar surface area (TPSA) is 78.5 Å². The zero-order valence-corrected chi connectivity index (χ0v) is 8.28. The summed E-state index contributed by atoms with van der Waals surface area (Å²) in [6.45, 7) is 1.55. The molecule has 6 nitrogen and oxygen atoms in total. The van der Waals surface area contributed by atoms with E-state index in [9.17, 15) is 14.4 Å². The second-order valence-corrected chi connectivity index (χ2v) is 3.81. The molecular formula is C9H13N3O3. The predicted molar refractivity (Wildman–Crippen MR) is 50.7 cm³/mol. The van der Waals surface area contributed by atoms with Crippen LogP contribution in [0.5, 0.6) is 0 Å². The Morgan fingerprint density at radius 1 is 1.27 bits per heavy atom. The Morgan fingerprint density at radius 2 is 2.07 bits per heavy atom. The molecule has 1 atom stereocenters. The highest BCUT2D eigenvalue weighted by molar-refractivity contribution is 5.91. The van der Waals surface area contributed by atoms with Crippen LogP contribution in [0, 0.1) is 5.92 Å². The fraction of sp³-hybridized carbons (Fsp3) is 0.667. The summed E-state index contributed by atoms with van der Waals surface area (Å²) in [5.74, 6) is -0.603. The van der Waals surface area contributed by atoms with Crippen molar-refractivity contribution in [3.63, 3.8) is 0 Å². The van der Waals surface area contributed by atoms with Crippen LogP contribution in [0.2, 0.25) is 0 Å². The van der Waals surface area contributed by atoms with E-state index in [1.54, 1.807) is 0 Å². The molecule has 0 aromatic heterocycles. The molecule has 0 aliphatic carbocycles. The van der Waals surface area contributed by atoms with Crippen LogP contribution in [0.4, 0.5) is 0 Å². The van der Waals surface area contributed by atoms with Gasteiger partial charge in [0.15, 0.2) is 0 Å². The van der Waals surface area contributed by atoms with Crippen molar-refractivity contribution in [1.29, 1.82) is 0 Å². The maximum atomic E-state index is 11.8. The van der Waals surface area contributed by atoms with Crippen LogP contribution in [-0.4, -0.2) is 48.8 Å². The fourth-order valence-corrected chi connectivity index (χ4v) is 1.86. The Kier molecular flexibility index (Phi) is 2.57. The van der Waals surface area contributed by atoms with Gasteiger partial charge in [0.1, 0.15) is 0 Å². The molecule has 0 spiro atoms. The molecule has 2 fully saturated rings. The van der Waals surface area contributed by atoms with Crippen molar-refractivity contribution < 1.29 is 14.4 Å². The number of piperazine rings is 1. The van der Waals surface area contributed by atoms with Gasteiger partial charge in [-0.1, -0.05) is 0 Å². The number of carbonyl (C=O) groups is 3. The lowest BCUT2D eigenvalue weighted by Gasteiger charge is -2.28. The molecule has 15 heavy (non-hydrogen) atoms. The number of rotatable bonds is 1. The van der Waals surface area contributed by atoms with Crippen LogP contribution in [0.1, 0.15) is 6.42 Å². The molecule has 0 aromatic rings. The molecule has 2 saturated heterocycles. The van der Waals surface area contributed by atoms with E-state index in [2.05, 4.69) is 10.6 Å². The van der Waals surface area contributed by atoms with Crippen molar-refractivity contribution in [3.05, 3.63) is 0 Å². The molecule has 2 aliphatic heterocycles. The van der Waals surface area contributed by atoms with E-state index in [1.807, 2.05) is 0 Å². The zero-order chi connectivity index (χ0) is 10.8. The average molecular weight is 211 g/mol. The van der Waals surface area contributed by atoms with Crippen LogP contribution in [-0.2, 0) is 14.4 Å². The van der Waals surface area contributed by atoms with Crippen LogP contribution in [0.3, 0.4) is 0 Å². The van der Waals surface area contributed by atoms with E-state index in [0.29, 0.717) is 19.6 Å². The number of hydrogen-bond donors (Lipinski definition) is 2. The van der Waals surface area contributed by atoms with Crippen molar-refractivity contribution in [2.24, 2.45) is 5.92 Å². The lowest BCUT2D eigenvalue weighted by Crippen LogP contribution is -2.51. The summed E-state index contributed by atoms with van der Waals surface area (Å²) in [5.41, 5.74) is 0. The number of hydrogen-bond acceptors (Lipinski definition) is 3. The maximum Gasteiger partial charge on any atom is 0.239 e. The van der Waals surface area contributed by atoms with E-state index >= 15 is 0 Å². The van der Waals surface area contributed by atoms with Crippen LogP contribution < -0.4 is 10.6 Å². The summed E-state index contributed by atoms with van der Waals surface area (Å²) >= 11 is 0. The van der Waals surface area contributed by atoms with Crippen LogP contribution in [0.25, 0.3) is 0 Å². The smallest absolute Gasteiger partial charge is 0.239 e. The number of nitrogens with zero attached hydrogens (tertiary/aromatic N) is 1. The van der Waals surface area contributed by atoms with E-state index in [-0.39, 0.29) is 36.6 Å². The molecule has 2 heterocycles. The van der Waals surface area contributed by atoms with Crippen molar-refractivity contribution >= 4 is 17.7 Å².